The lowest BCUT2D eigenvalue weighted by Crippen LogP contribution is -2.15. The van der Waals surface area contributed by atoms with Gasteiger partial charge in [-0.05, 0) is 19.1 Å². The Morgan fingerprint density at radius 1 is 1.44 bits per heavy atom. The molecule has 0 aromatic heterocycles. The number of halogens is 2. The van der Waals surface area contributed by atoms with Crippen LogP contribution in [0.25, 0.3) is 0 Å². The van der Waals surface area contributed by atoms with Crippen LogP contribution < -0.4 is 10.1 Å². The molecule has 0 fully saturated rings. The van der Waals surface area contributed by atoms with Gasteiger partial charge in [-0.15, -0.1) is 0 Å². The molecule has 1 unspecified atom stereocenters. The number of nitrogens with zero attached hydrogens (tertiary/aromatic N) is 1. The third kappa shape index (κ3) is 3.73. The van der Waals surface area contributed by atoms with Crippen molar-refractivity contribution in [2.45, 2.75) is 26.0 Å². The molecule has 1 aromatic carbocycles. The number of para-hydroxylation sites is 2. The van der Waals surface area contributed by atoms with Gasteiger partial charge in [0, 0.05) is 6.04 Å². The van der Waals surface area contributed by atoms with Crippen LogP contribution in [0.1, 0.15) is 13.3 Å². The molecular formula is C11H12F2N2O. The average molecular weight is 226 g/mol. The molecule has 1 aromatic rings. The Balaban J connectivity index is 2.75. The minimum Gasteiger partial charge on any atom is -0.433 e. The van der Waals surface area contributed by atoms with Gasteiger partial charge >= 0.3 is 6.61 Å². The first-order chi connectivity index (χ1) is 7.63. The number of alkyl halides is 2. The topological polar surface area (TPSA) is 45.0 Å². The second-order valence-corrected chi connectivity index (χ2v) is 3.28. The van der Waals surface area contributed by atoms with Crippen molar-refractivity contribution in [3.05, 3.63) is 24.3 Å². The van der Waals surface area contributed by atoms with Gasteiger partial charge in [0.1, 0.15) is 5.75 Å². The Hall–Kier alpha value is -1.83. The van der Waals surface area contributed by atoms with Crippen molar-refractivity contribution in [1.82, 2.24) is 0 Å². The average Bonchev–Trinajstić information content (AvgIpc) is 2.20. The number of anilines is 1. The zero-order valence-corrected chi connectivity index (χ0v) is 8.78. The highest BCUT2D eigenvalue weighted by Gasteiger charge is 2.10. The molecule has 0 spiro atoms. The summed E-state index contributed by atoms with van der Waals surface area (Å²) in [6, 6.07) is 8.28. The molecule has 1 atom stereocenters. The van der Waals surface area contributed by atoms with Gasteiger partial charge in [0.2, 0.25) is 0 Å². The third-order valence-electron chi connectivity index (χ3n) is 1.90. The largest absolute Gasteiger partial charge is 0.433 e. The summed E-state index contributed by atoms with van der Waals surface area (Å²) in [6.07, 6.45) is 0.295. The molecule has 0 amide bonds. The monoisotopic (exact) mass is 226 g/mol. The molecule has 0 heterocycles. The molecule has 0 aliphatic carbocycles. The lowest BCUT2D eigenvalue weighted by atomic mass is 10.2. The molecule has 5 heteroatoms. The highest BCUT2D eigenvalue weighted by Crippen LogP contribution is 2.26. The SMILES string of the molecule is CC(CC#N)Nc1ccccc1OC(F)F. The van der Waals surface area contributed by atoms with Gasteiger partial charge in [-0.25, -0.2) is 0 Å². The Bertz CT molecular complexity index is 376. The first-order valence-corrected chi connectivity index (χ1v) is 4.81. The number of hydrogen-bond donors (Lipinski definition) is 1. The van der Waals surface area contributed by atoms with Gasteiger partial charge in [0.15, 0.2) is 0 Å². The molecule has 0 aliphatic rings. The number of ether oxygens (including phenoxy) is 1. The van der Waals surface area contributed by atoms with Crippen molar-refractivity contribution in [3.8, 4) is 11.8 Å². The lowest BCUT2D eigenvalue weighted by molar-refractivity contribution is -0.0493. The summed E-state index contributed by atoms with van der Waals surface area (Å²) in [5.41, 5.74) is 0.463. The Labute approximate surface area is 92.6 Å². The highest BCUT2D eigenvalue weighted by molar-refractivity contribution is 5.56. The first kappa shape index (κ1) is 12.2. The van der Waals surface area contributed by atoms with Crippen LogP contribution in [0.15, 0.2) is 24.3 Å². The molecule has 0 bridgehead atoms. The minimum absolute atomic E-state index is 0.0855. The number of nitriles is 1. The van der Waals surface area contributed by atoms with Crippen LogP contribution in [0.4, 0.5) is 14.5 Å². The number of nitrogens with one attached hydrogen (secondary N) is 1. The molecule has 1 rings (SSSR count). The normalized spacial score (nSPS) is 11.9. The van der Waals surface area contributed by atoms with E-state index < -0.39 is 6.61 Å². The first-order valence-electron chi connectivity index (χ1n) is 4.81. The van der Waals surface area contributed by atoms with Crippen molar-refractivity contribution in [2.75, 3.05) is 5.32 Å². The summed E-state index contributed by atoms with van der Waals surface area (Å²) in [7, 11) is 0. The Kier molecular flexibility index (Phi) is 4.52. The van der Waals surface area contributed by atoms with E-state index in [2.05, 4.69) is 10.1 Å². The van der Waals surface area contributed by atoms with Crippen LogP contribution in [0.5, 0.6) is 5.75 Å². The van der Waals surface area contributed by atoms with E-state index in [0.29, 0.717) is 12.1 Å². The van der Waals surface area contributed by atoms with Gasteiger partial charge in [-0.1, -0.05) is 12.1 Å². The smallest absolute Gasteiger partial charge is 0.387 e. The Morgan fingerprint density at radius 2 is 2.12 bits per heavy atom. The van der Waals surface area contributed by atoms with E-state index in [1.54, 1.807) is 25.1 Å². The van der Waals surface area contributed by atoms with Gasteiger partial charge in [0.05, 0.1) is 18.2 Å². The van der Waals surface area contributed by atoms with Gasteiger partial charge in [-0.2, -0.15) is 14.0 Å². The summed E-state index contributed by atoms with van der Waals surface area (Å²) in [5, 5.41) is 11.4. The number of rotatable bonds is 5. The van der Waals surface area contributed by atoms with Crippen LogP contribution in [0, 0.1) is 11.3 Å². The fraction of sp³-hybridized carbons (Fsp3) is 0.364. The summed E-state index contributed by atoms with van der Waals surface area (Å²) >= 11 is 0. The van der Waals surface area contributed by atoms with Crippen LogP contribution >= 0.6 is 0 Å². The van der Waals surface area contributed by atoms with Crippen molar-refractivity contribution in [1.29, 1.82) is 5.26 Å². The van der Waals surface area contributed by atoms with Gasteiger partial charge < -0.3 is 10.1 Å². The summed E-state index contributed by atoms with van der Waals surface area (Å²) in [4.78, 5) is 0. The predicted octanol–water partition coefficient (Wildman–Crippen LogP) is 3.00. The molecule has 0 radical (unpaired) electrons. The fourth-order valence-electron chi connectivity index (χ4n) is 1.24. The molecule has 3 nitrogen and oxygen atoms in total. The van der Waals surface area contributed by atoms with E-state index in [-0.39, 0.29) is 11.8 Å². The molecule has 0 saturated heterocycles. The molecule has 1 N–H and O–H groups in total. The highest BCUT2D eigenvalue weighted by atomic mass is 19.3. The molecule has 16 heavy (non-hydrogen) atoms. The van der Waals surface area contributed by atoms with E-state index in [0.717, 1.165) is 0 Å². The Morgan fingerprint density at radius 3 is 2.75 bits per heavy atom. The minimum atomic E-state index is -2.85. The number of benzene rings is 1. The molecular weight excluding hydrogens is 214 g/mol. The van der Waals surface area contributed by atoms with Gasteiger partial charge in [-0.3, -0.25) is 0 Å². The maximum atomic E-state index is 12.1. The third-order valence-corrected chi connectivity index (χ3v) is 1.90. The standard InChI is InChI=1S/C11H12F2N2O/c1-8(6-7-14)15-9-4-2-3-5-10(9)16-11(12)13/h2-5,8,11,15H,6H2,1H3. The van der Waals surface area contributed by atoms with E-state index in [1.165, 1.54) is 6.07 Å². The number of hydrogen-bond acceptors (Lipinski definition) is 3. The van der Waals surface area contributed by atoms with Gasteiger partial charge in [0.25, 0.3) is 0 Å². The van der Waals surface area contributed by atoms with Crippen molar-refractivity contribution < 1.29 is 13.5 Å². The molecule has 86 valence electrons. The molecule has 0 aliphatic heterocycles. The second kappa shape index (κ2) is 5.91. The van der Waals surface area contributed by atoms with Crippen LogP contribution in [0.3, 0.4) is 0 Å². The van der Waals surface area contributed by atoms with Crippen LogP contribution in [0.2, 0.25) is 0 Å². The van der Waals surface area contributed by atoms with E-state index in [9.17, 15) is 8.78 Å². The lowest BCUT2D eigenvalue weighted by Gasteiger charge is -2.15. The maximum absolute atomic E-state index is 12.1. The van der Waals surface area contributed by atoms with Crippen molar-refractivity contribution in [3.63, 3.8) is 0 Å². The van der Waals surface area contributed by atoms with E-state index in [1.807, 2.05) is 6.07 Å². The zero-order chi connectivity index (χ0) is 12.0. The predicted molar refractivity (Wildman–Crippen MR) is 56.4 cm³/mol. The second-order valence-electron chi connectivity index (χ2n) is 3.28. The fourth-order valence-corrected chi connectivity index (χ4v) is 1.24. The zero-order valence-electron chi connectivity index (χ0n) is 8.78. The summed E-state index contributed by atoms with van der Waals surface area (Å²) in [6.45, 7) is -1.06. The quantitative estimate of drug-likeness (QED) is 0.839. The summed E-state index contributed by atoms with van der Waals surface area (Å²) < 4.78 is 28.5. The van der Waals surface area contributed by atoms with E-state index >= 15 is 0 Å². The van der Waals surface area contributed by atoms with Crippen LogP contribution in [-0.2, 0) is 0 Å². The van der Waals surface area contributed by atoms with E-state index in [4.69, 9.17) is 5.26 Å². The van der Waals surface area contributed by atoms with Crippen molar-refractivity contribution >= 4 is 5.69 Å². The summed E-state index contributed by atoms with van der Waals surface area (Å²) in [5.74, 6) is 0.0855. The maximum Gasteiger partial charge on any atom is 0.387 e. The molecule has 0 saturated carbocycles. The van der Waals surface area contributed by atoms with Crippen molar-refractivity contribution in [2.24, 2.45) is 0 Å². The van der Waals surface area contributed by atoms with Crippen LogP contribution in [-0.4, -0.2) is 12.7 Å².